The lowest BCUT2D eigenvalue weighted by atomic mass is 9.94. The van der Waals surface area contributed by atoms with Crippen molar-refractivity contribution in [2.45, 2.75) is 45.6 Å². The number of fused-ring (bicyclic) bond motifs is 1. The predicted octanol–water partition coefficient (Wildman–Crippen LogP) is 2.86. The smallest absolute Gasteiger partial charge is 0.343 e. The summed E-state index contributed by atoms with van der Waals surface area (Å²) in [5.41, 5.74) is -0.0126. The lowest BCUT2D eigenvalue weighted by molar-refractivity contribution is 0.0524. The first kappa shape index (κ1) is 21.5. The summed E-state index contributed by atoms with van der Waals surface area (Å²) in [5.74, 6) is -0.142. The number of carbonyl (C=O) groups excluding carboxylic acids is 1. The van der Waals surface area contributed by atoms with Crippen LogP contribution in [0.2, 0.25) is 0 Å². The van der Waals surface area contributed by atoms with Crippen molar-refractivity contribution in [3.05, 3.63) is 40.2 Å². The van der Waals surface area contributed by atoms with Crippen molar-refractivity contribution in [2.24, 2.45) is 11.8 Å². The zero-order valence-corrected chi connectivity index (χ0v) is 18.2. The molecule has 2 atom stereocenters. The van der Waals surface area contributed by atoms with Crippen LogP contribution >= 0.6 is 0 Å². The first-order valence-corrected chi connectivity index (χ1v) is 11.5. The molecule has 0 bridgehead atoms. The molecule has 1 aliphatic rings. The molecular formula is C21H28N2O5S. The summed E-state index contributed by atoms with van der Waals surface area (Å²) in [6.07, 6.45) is 2.47. The highest BCUT2D eigenvalue weighted by Gasteiger charge is 2.32. The molecular weight excluding hydrogens is 392 g/mol. The molecule has 0 saturated carbocycles. The largest absolute Gasteiger partial charge is 0.462 e. The second-order valence-corrected chi connectivity index (χ2v) is 9.76. The van der Waals surface area contributed by atoms with Gasteiger partial charge in [0.2, 0.25) is 15.5 Å². The van der Waals surface area contributed by atoms with Crippen molar-refractivity contribution in [1.82, 2.24) is 8.87 Å². The number of aryl methyl sites for hydroxylation is 1. The van der Waals surface area contributed by atoms with Crippen LogP contribution in [0.3, 0.4) is 0 Å². The van der Waals surface area contributed by atoms with Gasteiger partial charge in [-0.1, -0.05) is 13.8 Å². The number of sulfonamides is 1. The van der Waals surface area contributed by atoms with Crippen molar-refractivity contribution in [2.75, 3.05) is 19.7 Å². The maximum Gasteiger partial charge on any atom is 0.343 e. The minimum atomic E-state index is -3.73. The SMILES string of the molecule is CCOC(=O)c1cn(CC)c2ccc(S(=O)(=O)N3C[C@H](C)C[C@H](C)C3)cc2c1=O. The molecule has 0 radical (unpaired) electrons. The van der Waals surface area contributed by atoms with Crippen LogP contribution in [0, 0.1) is 11.8 Å². The molecule has 2 heterocycles. The van der Waals surface area contributed by atoms with Crippen LogP contribution < -0.4 is 5.43 Å². The Morgan fingerprint density at radius 3 is 2.41 bits per heavy atom. The fourth-order valence-corrected chi connectivity index (χ4v) is 5.81. The third-order valence-electron chi connectivity index (χ3n) is 5.36. The molecule has 29 heavy (non-hydrogen) atoms. The standard InChI is InChI=1S/C21H28N2O5S/c1-5-22-13-18(21(25)28-6-2)20(24)17-10-16(7-8-19(17)22)29(26,27)23-11-14(3)9-15(4)12-23/h7-8,10,13-15H,5-6,9,11-12H2,1-4H3/t14-,15+. The number of piperidine rings is 1. The minimum absolute atomic E-state index is 0.0760. The Kier molecular flexibility index (Phi) is 6.14. The van der Waals surface area contributed by atoms with Gasteiger partial charge in [-0.05, 0) is 50.3 Å². The van der Waals surface area contributed by atoms with Gasteiger partial charge >= 0.3 is 5.97 Å². The van der Waals surface area contributed by atoms with E-state index in [2.05, 4.69) is 0 Å². The van der Waals surface area contributed by atoms with Crippen LogP contribution in [-0.2, 0) is 21.3 Å². The lowest BCUT2D eigenvalue weighted by Gasteiger charge is -2.34. The van der Waals surface area contributed by atoms with E-state index in [1.54, 1.807) is 17.6 Å². The third kappa shape index (κ3) is 4.09. The summed E-state index contributed by atoms with van der Waals surface area (Å²) in [4.78, 5) is 25.2. The number of esters is 1. The van der Waals surface area contributed by atoms with Crippen LogP contribution in [-0.4, -0.2) is 43.0 Å². The molecule has 0 aliphatic carbocycles. The number of benzene rings is 1. The van der Waals surface area contributed by atoms with Crippen LogP contribution in [0.5, 0.6) is 0 Å². The van der Waals surface area contributed by atoms with Gasteiger partial charge in [0.1, 0.15) is 5.56 Å². The summed E-state index contributed by atoms with van der Waals surface area (Å²) in [7, 11) is -3.73. The van der Waals surface area contributed by atoms with Crippen LogP contribution in [0.25, 0.3) is 10.9 Å². The number of ether oxygens (including phenoxy) is 1. The van der Waals surface area contributed by atoms with Crippen molar-refractivity contribution in [3.63, 3.8) is 0 Å². The maximum atomic E-state index is 13.2. The van der Waals surface area contributed by atoms with Crippen LogP contribution in [0.15, 0.2) is 34.1 Å². The van der Waals surface area contributed by atoms with Gasteiger partial charge in [-0.2, -0.15) is 4.31 Å². The fraction of sp³-hybridized carbons (Fsp3) is 0.524. The van der Waals surface area contributed by atoms with E-state index >= 15 is 0 Å². The normalized spacial score (nSPS) is 20.7. The molecule has 0 spiro atoms. The van der Waals surface area contributed by atoms with E-state index in [-0.39, 0.29) is 34.3 Å². The highest BCUT2D eigenvalue weighted by molar-refractivity contribution is 7.89. The molecule has 8 heteroatoms. The minimum Gasteiger partial charge on any atom is -0.462 e. The molecule has 1 aliphatic heterocycles. The van der Waals surface area contributed by atoms with Crippen molar-refractivity contribution >= 4 is 26.9 Å². The summed E-state index contributed by atoms with van der Waals surface area (Å²) < 4.78 is 34.7. The van der Waals surface area contributed by atoms with E-state index in [1.807, 2.05) is 20.8 Å². The number of nitrogens with zero attached hydrogens (tertiary/aromatic N) is 2. The topological polar surface area (TPSA) is 85.7 Å². The van der Waals surface area contributed by atoms with E-state index < -0.39 is 21.4 Å². The molecule has 1 fully saturated rings. The average Bonchev–Trinajstić information content (AvgIpc) is 2.67. The molecule has 1 aromatic carbocycles. The predicted molar refractivity (Wildman–Crippen MR) is 112 cm³/mol. The summed E-state index contributed by atoms with van der Waals surface area (Å²) in [6, 6.07) is 4.57. The summed E-state index contributed by atoms with van der Waals surface area (Å²) >= 11 is 0. The Morgan fingerprint density at radius 1 is 1.17 bits per heavy atom. The van der Waals surface area contributed by atoms with E-state index in [0.717, 1.165) is 6.42 Å². The second kappa shape index (κ2) is 8.28. The summed E-state index contributed by atoms with van der Waals surface area (Å²) in [6.45, 7) is 9.26. The van der Waals surface area contributed by atoms with Crippen molar-refractivity contribution in [1.29, 1.82) is 0 Å². The second-order valence-electron chi connectivity index (χ2n) is 7.83. The van der Waals surface area contributed by atoms with Gasteiger partial charge in [0, 0.05) is 31.2 Å². The zero-order valence-electron chi connectivity index (χ0n) is 17.3. The van der Waals surface area contributed by atoms with Gasteiger partial charge in [-0.3, -0.25) is 4.79 Å². The van der Waals surface area contributed by atoms with E-state index in [1.165, 1.54) is 22.6 Å². The van der Waals surface area contributed by atoms with Gasteiger partial charge in [-0.25, -0.2) is 13.2 Å². The average molecular weight is 421 g/mol. The van der Waals surface area contributed by atoms with E-state index in [9.17, 15) is 18.0 Å². The molecule has 7 nitrogen and oxygen atoms in total. The number of hydrogen-bond donors (Lipinski definition) is 0. The number of hydrogen-bond acceptors (Lipinski definition) is 5. The molecule has 0 N–H and O–H groups in total. The highest BCUT2D eigenvalue weighted by atomic mass is 32.2. The fourth-order valence-electron chi connectivity index (χ4n) is 4.10. The number of rotatable bonds is 5. The van der Waals surface area contributed by atoms with Crippen LogP contribution in [0.1, 0.15) is 44.5 Å². The van der Waals surface area contributed by atoms with Gasteiger partial charge < -0.3 is 9.30 Å². The van der Waals surface area contributed by atoms with Gasteiger partial charge in [0.05, 0.1) is 17.0 Å². The Hall–Kier alpha value is -2.19. The molecule has 1 aromatic heterocycles. The quantitative estimate of drug-likeness (QED) is 0.695. The first-order valence-electron chi connectivity index (χ1n) is 10.0. The molecule has 1 saturated heterocycles. The molecule has 0 unspecified atom stereocenters. The monoisotopic (exact) mass is 420 g/mol. The Balaban J connectivity index is 2.15. The number of pyridine rings is 1. The highest BCUT2D eigenvalue weighted by Crippen LogP contribution is 2.28. The lowest BCUT2D eigenvalue weighted by Crippen LogP contribution is -2.42. The Bertz CT molecular complexity index is 1080. The third-order valence-corrected chi connectivity index (χ3v) is 7.19. The molecule has 158 valence electrons. The number of carbonyl (C=O) groups is 1. The first-order chi connectivity index (χ1) is 13.7. The summed E-state index contributed by atoms with van der Waals surface area (Å²) in [5, 5.41) is 0.205. The van der Waals surface area contributed by atoms with Crippen molar-refractivity contribution in [3.8, 4) is 0 Å². The van der Waals surface area contributed by atoms with E-state index in [0.29, 0.717) is 25.2 Å². The molecule has 0 amide bonds. The Labute approximate surface area is 171 Å². The number of aromatic nitrogens is 1. The zero-order chi connectivity index (χ0) is 21.3. The van der Waals surface area contributed by atoms with Gasteiger partial charge in [0.15, 0.2) is 0 Å². The Morgan fingerprint density at radius 2 is 1.83 bits per heavy atom. The van der Waals surface area contributed by atoms with E-state index in [4.69, 9.17) is 4.74 Å². The molecule has 2 aromatic rings. The van der Waals surface area contributed by atoms with Crippen LogP contribution in [0.4, 0.5) is 0 Å². The maximum absolute atomic E-state index is 13.2. The van der Waals surface area contributed by atoms with Gasteiger partial charge in [0.25, 0.3) is 0 Å². The van der Waals surface area contributed by atoms with Gasteiger partial charge in [-0.15, -0.1) is 0 Å². The van der Waals surface area contributed by atoms with Crippen molar-refractivity contribution < 1.29 is 17.9 Å². The molecule has 3 rings (SSSR count).